The van der Waals surface area contributed by atoms with Crippen LogP contribution >= 0.6 is 37.5 Å². The Kier molecular flexibility index (Phi) is 26.0. The van der Waals surface area contributed by atoms with Crippen molar-refractivity contribution in [2.24, 2.45) is 0 Å². The molecule has 4 rings (SSSR count). The SMILES string of the molecule is C=CCCN(C)C.CC.CCC.CN(NC(=O)C12COC(CCO1)C2)SOc1cc(F)c(N)c(F)c1.CSc1ccc(F)cc1.S. The Labute approximate surface area is 289 Å². The van der Waals surface area contributed by atoms with E-state index in [-0.39, 0.29) is 43.7 Å². The number of fused-ring (bicyclic) bond motifs is 2. The summed E-state index contributed by atoms with van der Waals surface area (Å²) in [7, 11) is 5.65. The van der Waals surface area contributed by atoms with Gasteiger partial charge < -0.3 is 24.3 Å². The van der Waals surface area contributed by atoms with Crippen molar-refractivity contribution in [2.75, 3.05) is 52.9 Å². The molecule has 2 saturated heterocycles. The summed E-state index contributed by atoms with van der Waals surface area (Å²) >= 11 is 2.31. The molecule has 2 atom stereocenters. The fourth-order valence-corrected chi connectivity index (χ4v) is 4.35. The van der Waals surface area contributed by atoms with Gasteiger partial charge >= 0.3 is 0 Å². The maximum Gasteiger partial charge on any atom is 0.269 e. The Morgan fingerprint density at radius 3 is 2.20 bits per heavy atom. The van der Waals surface area contributed by atoms with Crippen LogP contribution < -0.4 is 15.3 Å². The number of ether oxygens (including phenoxy) is 2. The van der Waals surface area contributed by atoms with Crippen LogP contribution in [0.5, 0.6) is 5.75 Å². The van der Waals surface area contributed by atoms with Gasteiger partial charge in [0, 0.05) is 37.0 Å². The first kappa shape index (κ1) is 46.1. The van der Waals surface area contributed by atoms with Crippen molar-refractivity contribution in [3.63, 3.8) is 0 Å². The van der Waals surface area contributed by atoms with Gasteiger partial charge in [-0.05, 0) is 57.5 Å². The zero-order chi connectivity index (χ0) is 34.4. The van der Waals surface area contributed by atoms with Crippen LogP contribution in [-0.2, 0) is 14.3 Å². The standard InChI is InChI=1S/C14H17F2N3O4S.C7H7FS.C6H13N.C3H8.C2H6.H2S/c1-19(24-23-9-4-10(15)12(17)11(16)5-9)18-13(20)14-6-8(21-7-14)2-3-22-14;1-9-7-4-2-6(8)3-5-7;1-4-5-6-7(2)3;1-3-2;1-2;/h4-5,8H,2-3,6-7,17H2,1H3,(H,18,20);2-5H,1H3;4H,1,5-6H2,2-3H3;3H2,1-2H3;1-2H3;1H2. The van der Waals surface area contributed by atoms with Crippen LogP contribution in [0.4, 0.5) is 18.9 Å². The van der Waals surface area contributed by atoms with Crippen LogP contribution in [0, 0.1) is 17.5 Å². The number of nitrogens with one attached hydrogen (secondary N) is 1. The monoisotopic (exact) mass is 710 g/mol. The van der Waals surface area contributed by atoms with Gasteiger partial charge in [0.15, 0.2) is 29.5 Å². The Balaban J connectivity index is 0. The van der Waals surface area contributed by atoms with Gasteiger partial charge in [-0.3, -0.25) is 10.2 Å². The summed E-state index contributed by atoms with van der Waals surface area (Å²) in [5, 5.41) is 0. The molecule has 2 aliphatic rings. The molecule has 3 N–H and O–H groups in total. The number of nitrogen functional groups attached to an aromatic ring is 1. The van der Waals surface area contributed by atoms with Crippen molar-refractivity contribution in [1.82, 2.24) is 14.7 Å². The van der Waals surface area contributed by atoms with E-state index in [1.54, 1.807) is 23.9 Å². The predicted octanol–water partition coefficient (Wildman–Crippen LogP) is 7.63. The number of anilines is 1. The fraction of sp³-hybridized carbons (Fsp3) is 0.531. The average molecular weight is 711 g/mol. The van der Waals surface area contributed by atoms with Gasteiger partial charge in [0.25, 0.3) is 5.91 Å². The van der Waals surface area contributed by atoms with E-state index in [0.717, 1.165) is 36.4 Å². The van der Waals surface area contributed by atoms with E-state index in [1.807, 2.05) is 26.2 Å². The highest BCUT2D eigenvalue weighted by atomic mass is 32.2. The molecule has 0 radical (unpaired) electrons. The maximum absolute atomic E-state index is 13.4. The second-order valence-electron chi connectivity index (χ2n) is 9.91. The third-order valence-corrected chi connectivity index (χ3v) is 7.05. The first-order chi connectivity index (χ1) is 21.4. The van der Waals surface area contributed by atoms with Crippen LogP contribution in [0.25, 0.3) is 0 Å². The molecule has 0 saturated carbocycles. The zero-order valence-corrected chi connectivity index (χ0v) is 31.0. The Hall–Kier alpha value is -2.07. The van der Waals surface area contributed by atoms with Crippen molar-refractivity contribution >= 4 is 49.1 Å². The summed E-state index contributed by atoms with van der Waals surface area (Å²) in [5.74, 6) is -2.42. The highest BCUT2D eigenvalue weighted by Gasteiger charge is 2.50. The molecule has 1 amide bonds. The lowest BCUT2D eigenvalue weighted by Crippen LogP contribution is -2.54. The minimum atomic E-state index is -0.989. The second kappa shape index (κ2) is 26.0. The number of hydrogen-bond donors (Lipinski definition) is 2. The van der Waals surface area contributed by atoms with E-state index in [4.69, 9.17) is 19.4 Å². The van der Waals surface area contributed by atoms with Crippen molar-refractivity contribution in [1.29, 1.82) is 0 Å². The van der Waals surface area contributed by atoms with Gasteiger partial charge in [0.05, 0.1) is 19.3 Å². The minimum Gasteiger partial charge on any atom is -0.408 e. The van der Waals surface area contributed by atoms with E-state index >= 15 is 0 Å². The van der Waals surface area contributed by atoms with Crippen molar-refractivity contribution in [2.45, 2.75) is 70.0 Å². The molecular weight excluding hydrogens is 658 g/mol. The summed E-state index contributed by atoms with van der Waals surface area (Å²) in [4.78, 5) is 15.6. The highest BCUT2D eigenvalue weighted by Crippen LogP contribution is 2.35. The molecule has 46 heavy (non-hydrogen) atoms. The molecule has 0 aliphatic carbocycles. The number of benzene rings is 2. The molecular formula is C32H53F3N4O4S3. The Morgan fingerprint density at radius 2 is 1.72 bits per heavy atom. The first-order valence-electron chi connectivity index (χ1n) is 14.9. The zero-order valence-electron chi connectivity index (χ0n) is 28.3. The van der Waals surface area contributed by atoms with Gasteiger partial charge in [-0.2, -0.15) is 13.5 Å². The smallest absolute Gasteiger partial charge is 0.269 e. The van der Waals surface area contributed by atoms with Crippen molar-refractivity contribution in [3.05, 3.63) is 66.5 Å². The average Bonchev–Trinajstić information content (AvgIpc) is 3.33. The summed E-state index contributed by atoms with van der Waals surface area (Å²) in [6.07, 6.45) is 7.56. The van der Waals surface area contributed by atoms with Gasteiger partial charge in [0.2, 0.25) is 0 Å². The van der Waals surface area contributed by atoms with Gasteiger partial charge in [-0.25, -0.2) is 13.2 Å². The van der Waals surface area contributed by atoms with Gasteiger partial charge in [-0.15, -0.1) is 22.8 Å². The largest absolute Gasteiger partial charge is 0.408 e. The molecule has 2 unspecified atom stereocenters. The molecule has 264 valence electrons. The van der Waals surface area contributed by atoms with E-state index in [1.165, 1.54) is 30.0 Å². The van der Waals surface area contributed by atoms with Crippen LogP contribution in [0.1, 0.15) is 53.4 Å². The molecule has 2 aromatic carbocycles. The predicted molar refractivity (Wildman–Crippen MR) is 192 cm³/mol. The van der Waals surface area contributed by atoms with E-state index in [9.17, 15) is 18.0 Å². The summed E-state index contributed by atoms with van der Waals surface area (Å²) in [6, 6.07) is 8.37. The number of hydrazine groups is 1. The molecule has 2 aromatic rings. The molecule has 2 fully saturated rings. The lowest BCUT2D eigenvalue weighted by Gasteiger charge is -2.31. The highest BCUT2D eigenvalue weighted by molar-refractivity contribution is 7.98. The van der Waals surface area contributed by atoms with Crippen LogP contribution in [-0.4, -0.2) is 74.1 Å². The quantitative estimate of drug-likeness (QED) is 0.0681. The fourth-order valence-electron chi connectivity index (χ4n) is 3.53. The number of amides is 1. The number of nitrogens with zero attached hydrogens (tertiary/aromatic N) is 2. The molecule has 14 heteroatoms. The Morgan fingerprint density at radius 1 is 1.15 bits per heavy atom. The van der Waals surface area contributed by atoms with Gasteiger partial charge in [0.1, 0.15) is 17.3 Å². The number of thioether (sulfide) groups is 1. The van der Waals surface area contributed by atoms with Crippen LogP contribution in [0.3, 0.4) is 0 Å². The molecule has 0 spiro atoms. The summed E-state index contributed by atoms with van der Waals surface area (Å²) in [5.41, 5.74) is 6.22. The lowest BCUT2D eigenvalue weighted by atomic mass is 9.95. The lowest BCUT2D eigenvalue weighted by molar-refractivity contribution is -0.151. The molecule has 2 aliphatic heterocycles. The second-order valence-corrected chi connectivity index (χ2v) is 11.7. The van der Waals surface area contributed by atoms with Crippen LogP contribution in [0.2, 0.25) is 0 Å². The van der Waals surface area contributed by atoms with Crippen molar-refractivity contribution in [3.8, 4) is 5.75 Å². The third kappa shape index (κ3) is 17.7. The molecule has 2 bridgehead atoms. The minimum absolute atomic E-state index is 0. The molecule has 8 nitrogen and oxygen atoms in total. The molecule has 0 aromatic heterocycles. The number of carbonyl (C=O) groups excluding carboxylic acids is 1. The number of carbonyl (C=O) groups is 1. The normalized spacial score (nSPS) is 17.3. The first-order valence-corrected chi connectivity index (χ1v) is 16.8. The van der Waals surface area contributed by atoms with E-state index < -0.39 is 22.9 Å². The summed E-state index contributed by atoms with van der Waals surface area (Å²) in [6.45, 7) is 13.6. The number of nitrogens with two attached hydrogens (primary N) is 1. The maximum atomic E-state index is 13.4. The van der Waals surface area contributed by atoms with E-state index in [0.29, 0.717) is 25.3 Å². The van der Waals surface area contributed by atoms with E-state index in [2.05, 4.69) is 44.8 Å². The van der Waals surface area contributed by atoms with Gasteiger partial charge in [-0.1, -0.05) is 40.2 Å². The number of hydrogen-bond acceptors (Lipinski definition) is 9. The topological polar surface area (TPSA) is 89.3 Å². The van der Waals surface area contributed by atoms with Crippen LogP contribution in [0.15, 0.2) is 53.9 Å². The Bertz CT molecular complexity index is 1090. The molecule has 2 heterocycles. The summed E-state index contributed by atoms with van der Waals surface area (Å²) < 4.78 is 56.5. The number of halogens is 3. The van der Waals surface area contributed by atoms with Crippen molar-refractivity contribution < 1.29 is 31.6 Å². The number of rotatable bonds is 9. The third-order valence-electron chi connectivity index (χ3n) is 5.73.